The van der Waals surface area contributed by atoms with Crippen LogP contribution in [0.3, 0.4) is 0 Å². The zero-order chi connectivity index (χ0) is 20.5. The maximum atomic E-state index is 12.9. The number of rotatable bonds is 4. The topological polar surface area (TPSA) is 75.5 Å². The van der Waals surface area contributed by atoms with Gasteiger partial charge in [0.15, 0.2) is 0 Å². The average Bonchev–Trinajstić information content (AvgIpc) is 3.08. The number of carbonyl (C=O) groups excluding carboxylic acids is 1. The highest BCUT2D eigenvalue weighted by Crippen LogP contribution is 2.20. The summed E-state index contributed by atoms with van der Waals surface area (Å²) in [6.07, 6.45) is 3.24. The van der Waals surface area contributed by atoms with Crippen LogP contribution >= 0.6 is 0 Å². The quantitative estimate of drug-likeness (QED) is 0.735. The Hall–Kier alpha value is -2.86. The van der Waals surface area contributed by atoms with Crippen LogP contribution in [0.2, 0.25) is 0 Å². The van der Waals surface area contributed by atoms with Crippen molar-refractivity contribution in [3.8, 4) is 0 Å². The second kappa shape index (κ2) is 7.87. The Morgan fingerprint density at radius 2 is 1.90 bits per heavy atom. The predicted molar refractivity (Wildman–Crippen MR) is 111 cm³/mol. The van der Waals surface area contributed by atoms with E-state index in [0.29, 0.717) is 30.8 Å². The highest BCUT2D eigenvalue weighted by Gasteiger charge is 2.29. The standard InChI is InChI=1S/C23H26N2O4/c1-14-10-18(9-8-17-11-24-20-7-5-4-6-19(17)20)29-23(27)21(14)22(26)25-12-15(2)28-16(3)13-25/h4-7,10-11,15-16,24H,8-9,12-13H2,1-3H3/t15-,16+. The van der Waals surface area contributed by atoms with E-state index in [4.69, 9.17) is 9.15 Å². The normalized spacial score (nSPS) is 19.6. The van der Waals surface area contributed by atoms with Gasteiger partial charge in [-0.1, -0.05) is 18.2 Å². The van der Waals surface area contributed by atoms with Gasteiger partial charge in [0.05, 0.1) is 12.2 Å². The Morgan fingerprint density at radius 1 is 1.17 bits per heavy atom. The average molecular weight is 394 g/mol. The molecule has 0 saturated carbocycles. The van der Waals surface area contributed by atoms with Crippen molar-refractivity contribution in [2.24, 2.45) is 0 Å². The Labute approximate surface area is 169 Å². The van der Waals surface area contributed by atoms with E-state index in [1.54, 1.807) is 11.8 Å². The number of hydrogen-bond donors (Lipinski definition) is 1. The van der Waals surface area contributed by atoms with E-state index in [-0.39, 0.29) is 23.7 Å². The fourth-order valence-corrected chi connectivity index (χ4v) is 4.15. The minimum atomic E-state index is -0.560. The predicted octanol–water partition coefficient (Wildman–Crippen LogP) is 3.46. The molecule has 1 amide bonds. The minimum Gasteiger partial charge on any atom is -0.427 e. The highest BCUT2D eigenvalue weighted by molar-refractivity contribution is 5.95. The summed E-state index contributed by atoms with van der Waals surface area (Å²) in [5.41, 5.74) is 2.50. The van der Waals surface area contributed by atoms with Gasteiger partial charge in [0.2, 0.25) is 0 Å². The highest BCUT2D eigenvalue weighted by atomic mass is 16.5. The summed E-state index contributed by atoms with van der Waals surface area (Å²) < 4.78 is 11.2. The number of fused-ring (bicyclic) bond motifs is 1. The van der Waals surface area contributed by atoms with E-state index in [9.17, 15) is 9.59 Å². The third-order valence-electron chi connectivity index (χ3n) is 5.44. The lowest BCUT2D eigenvalue weighted by Gasteiger charge is -2.35. The molecule has 1 N–H and O–H groups in total. The third kappa shape index (κ3) is 3.98. The van der Waals surface area contributed by atoms with E-state index in [2.05, 4.69) is 11.1 Å². The molecule has 0 unspecified atom stereocenters. The van der Waals surface area contributed by atoms with E-state index in [1.165, 1.54) is 10.9 Å². The first-order valence-corrected chi connectivity index (χ1v) is 10.1. The summed E-state index contributed by atoms with van der Waals surface area (Å²) >= 11 is 0. The maximum Gasteiger partial charge on any atom is 0.349 e. The van der Waals surface area contributed by atoms with Crippen molar-refractivity contribution in [3.63, 3.8) is 0 Å². The third-order valence-corrected chi connectivity index (χ3v) is 5.44. The van der Waals surface area contributed by atoms with Gasteiger partial charge in [0.25, 0.3) is 5.91 Å². The van der Waals surface area contributed by atoms with Gasteiger partial charge in [-0.25, -0.2) is 4.79 Å². The summed E-state index contributed by atoms with van der Waals surface area (Å²) in [5, 5.41) is 1.17. The van der Waals surface area contributed by atoms with Gasteiger partial charge in [-0.2, -0.15) is 0 Å². The fourth-order valence-electron chi connectivity index (χ4n) is 4.15. The molecule has 1 saturated heterocycles. The number of benzene rings is 1. The van der Waals surface area contributed by atoms with Crippen molar-refractivity contribution in [1.29, 1.82) is 0 Å². The molecule has 6 nitrogen and oxygen atoms in total. The molecule has 1 aliphatic heterocycles. The van der Waals surface area contributed by atoms with Crippen LogP contribution in [-0.2, 0) is 17.6 Å². The second-order valence-electron chi connectivity index (χ2n) is 7.89. The molecule has 1 fully saturated rings. The van der Waals surface area contributed by atoms with Crippen LogP contribution in [-0.4, -0.2) is 41.1 Å². The van der Waals surface area contributed by atoms with Crippen molar-refractivity contribution in [3.05, 3.63) is 69.4 Å². The summed E-state index contributed by atoms with van der Waals surface area (Å²) in [6, 6.07) is 9.94. The van der Waals surface area contributed by atoms with Gasteiger partial charge in [-0.15, -0.1) is 0 Å². The monoisotopic (exact) mass is 394 g/mol. The zero-order valence-corrected chi connectivity index (χ0v) is 17.0. The van der Waals surface area contributed by atoms with E-state index in [0.717, 1.165) is 11.9 Å². The molecule has 1 aromatic carbocycles. The molecule has 3 heterocycles. The summed E-state index contributed by atoms with van der Waals surface area (Å²) in [5.74, 6) is 0.319. The van der Waals surface area contributed by atoms with Crippen LogP contribution in [0.5, 0.6) is 0 Å². The molecule has 2 aromatic heterocycles. The molecule has 29 heavy (non-hydrogen) atoms. The SMILES string of the molecule is Cc1cc(CCc2c[nH]c3ccccc23)oc(=O)c1C(=O)N1C[C@@H](C)O[C@@H](C)C1. The van der Waals surface area contributed by atoms with Crippen LogP contribution in [0.25, 0.3) is 10.9 Å². The molecule has 0 aliphatic carbocycles. The first-order chi connectivity index (χ1) is 13.9. The number of aryl methyl sites for hydroxylation is 3. The molecule has 3 aromatic rings. The van der Waals surface area contributed by atoms with Gasteiger partial charge in [-0.3, -0.25) is 4.79 Å². The second-order valence-corrected chi connectivity index (χ2v) is 7.89. The van der Waals surface area contributed by atoms with Gasteiger partial charge in [0.1, 0.15) is 11.3 Å². The molecule has 152 valence electrons. The number of morpholine rings is 1. The molecular weight excluding hydrogens is 368 g/mol. The van der Waals surface area contributed by atoms with Crippen molar-refractivity contribution in [2.75, 3.05) is 13.1 Å². The number of nitrogens with one attached hydrogen (secondary N) is 1. The number of hydrogen-bond acceptors (Lipinski definition) is 4. The Kier molecular flexibility index (Phi) is 5.28. The lowest BCUT2D eigenvalue weighted by atomic mass is 10.0. The Morgan fingerprint density at radius 3 is 2.62 bits per heavy atom. The Balaban J connectivity index is 1.52. The van der Waals surface area contributed by atoms with Crippen LogP contribution in [0.15, 0.2) is 45.7 Å². The number of ether oxygens (including phenoxy) is 1. The van der Waals surface area contributed by atoms with Crippen LogP contribution in [0.1, 0.15) is 41.1 Å². The molecule has 0 bridgehead atoms. The lowest BCUT2D eigenvalue weighted by Crippen LogP contribution is -2.49. The fraction of sp³-hybridized carbons (Fsp3) is 0.391. The van der Waals surface area contributed by atoms with Crippen molar-refractivity contribution < 1.29 is 13.9 Å². The first kappa shape index (κ1) is 19.5. The van der Waals surface area contributed by atoms with Crippen molar-refractivity contribution in [2.45, 2.75) is 45.8 Å². The lowest BCUT2D eigenvalue weighted by molar-refractivity contribution is -0.0587. The molecule has 6 heteroatoms. The van der Waals surface area contributed by atoms with Crippen LogP contribution in [0.4, 0.5) is 0 Å². The zero-order valence-electron chi connectivity index (χ0n) is 17.0. The van der Waals surface area contributed by atoms with Crippen LogP contribution < -0.4 is 5.63 Å². The summed E-state index contributed by atoms with van der Waals surface area (Å²) in [7, 11) is 0. The van der Waals surface area contributed by atoms with E-state index in [1.807, 2.05) is 44.3 Å². The molecule has 1 aliphatic rings. The number of aromatic amines is 1. The maximum absolute atomic E-state index is 12.9. The number of aromatic nitrogens is 1. The molecular formula is C23H26N2O4. The van der Waals surface area contributed by atoms with Crippen molar-refractivity contribution >= 4 is 16.8 Å². The Bertz CT molecular complexity index is 1090. The molecule has 2 atom stereocenters. The largest absolute Gasteiger partial charge is 0.427 e. The summed E-state index contributed by atoms with van der Waals surface area (Å²) in [4.78, 5) is 30.5. The van der Waals surface area contributed by atoms with Gasteiger partial charge in [-0.05, 0) is 50.5 Å². The number of carbonyl (C=O) groups is 1. The van der Waals surface area contributed by atoms with Gasteiger partial charge in [0, 0.05) is 36.6 Å². The van der Waals surface area contributed by atoms with Crippen LogP contribution in [0, 0.1) is 6.92 Å². The number of H-pyrrole nitrogens is 1. The van der Waals surface area contributed by atoms with Crippen molar-refractivity contribution in [1.82, 2.24) is 9.88 Å². The molecule has 0 spiro atoms. The first-order valence-electron chi connectivity index (χ1n) is 10.1. The van der Waals surface area contributed by atoms with Gasteiger partial charge < -0.3 is 19.0 Å². The molecule has 0 radical (unpaired) electrons. The smallest absolute Gasteiger partial charge is 0.349 e. The van der Waals surface area contributed by atoms with E-state index >= 15 is 0 Å². The number of amides is 1. The minimum absolute atomic E-state index is 0.0505. The number of para-hydroxylation sites is 1. The number of nitrogens with zero attached hydrogens (tertiary/aromatic N) is 1. The van der Waals surface area contributed by atoms with Gasteiger partial charge >= 0.3 is 5.63 Å². The summed E-state index contributed by atoms with van der Waals surface area (Å²) in [6.45, 7) is 6.61. The molecule has 4 rings (SSSR count). The van der Waals surface area contributed by atoms with E-state index < -0.39 is 5.63 Å².